The molecule has 7 nitrogen and oxygen atoms in total. The zero-order valence-corrected chi connectivity index (χ0v) is 24.9. The summed E-state index contributed by atoms with van der Waals surface area (Å²) in [7, 11) is 3.34. The first-order valence-corrected chi connectivity index (χ1v) is 14.7. The topological polar surface area (TPSA) is 93.9 Å². The maximum atomic E-state index is 13.6. The molecule has 0 radical (unpaired) electrons. The zero-order valence-electron chi connectivity index (χ0n) is 24.9. The van der Waals surface area contributed by atoms with Crippen molar-refractivity contribution >= 4 is 28.3 Å². The summed E-state index contributed by atoms with van der Waals surface area (Å²) < 4.78 is 11.0. The highest BCUT2D eigenvalue weighted by molar-refractivity contribution is 6.15. The number of ether oxygens (including phenoxy) is 2. The van der Waals surface area contributed by atoms with Gasteiger partial charge in [-0.2, -0.15) is 0 Å². The van der Waals surface area contributed by atoms with E-state index >= 15 is 0 Å². The van der Waals surface area contributed by atoms with Crippen LogP contribution in [0.4, 0.5) is 5.69 Å². The fourth-order valence-electron chi connectivity index (χ4n) is 6.04. The number of hydrogen-bond donors (Lipinski definition) is 2. The number of carbonyl (C=O) groups excluding carboxylic acids is 2. The van der Waals surface area contributed by atoms with Crippen molar-refractivity contribution in [3.05, 3.63) is 125 Å². The minimum Gasteiger partial charge on any atom is -0.493 e. The van der Waals surface area contributed by atoms with Crippen LogP contribution >= 0.6 is 0 Å². The first kappa shape index (κ1) is 29.0. The number of fused-ring (bicyclic) bond motifs is 2. The molecule has 7 heteroatoms. The van der Waals surface area contributed by atoms with Crippen molar-refractivity contribution in [1.82, 2.24) is 4.90 Å². The molecule has 5 aromatic rings. The lowest BCUT2D eigenvalue weighted by Crippen LogP contribution is -2.32. The van der Waals surface area contributed by atoms with Gasteiger partial charge >= 0.3 is 0 Å². The molecule has 0 aromatic heterocycles. The van der Waals surface area contributed by atoms with Gasteiger partial charge < -0.3 is 20.5 Å². The van der Waals surface area contributed by atoms with E-state index in [1.54, 1.807) is 26.4 Å². The Morgan fingerprint density at radius 2 is 1.52 bits per heavy atom. The van der Waals surface area contributed by atoms with Gasteiger partial charge in [-0.1, -0.05) is 60.7 Å². The van der Waals surface area contributed by atoms with E-state index in [1.807, 2.05) is 60.7 Å². The van der Waals surface area contributed by atoms with Crippen molar-refractivity contribution in [2.24, 2.45) is 5.73 Å². The summed E-state index contributed by atoms with van der Waals surface area (Å²) in [6, 6.07) is 30.9. The number of benzene rings is 5. The van der Waals surface area contributed by atoms with Crippen molar-refractivity contribution in [3.63, 3.8) is 0 Å². The van der Waals surface area contributed by atoms with Gasteiger partial charge in [-0.3, -0.25) is 14.5 Å². The predicted molar refractivity (Wildman–Crippen MR) is 175 cm³/mol. The van der Waals surface area contributed by atoms with E-state index in [9.17, 15) is 9.59 Å². The molecule has 0 spiro atoms. The van der Waals surface area contributed by atoms with E-state index in [-0.39, 0.29) is 5.91 Å². The van der Waals surface area contributed by atoms with Crippen molar-refractivity contribution in [2.45, 2.75) is 19.4 Å². The fourth-order valence-corrected chi connectivity index (χ4v) is 6.04. The Labute approximate surface area is 257 Å². The Hall–Kier alpha value is -5.14. The molecule has 1 heterocycles. The first-order valence-electron chi connectivity index (χ1n) is 14.7. The number of nitrogens with two attached hydrogens (primary N) is 1. The zero-order chi connectivity index (χ0) is 30.6. The summed E-state index contributed by atoms with van der Waals surface area (Å²) in [5.74, 6) is 0.749. The smallest absolute Gasteiger partial charge is 0.256 e. The molecule has 1 aliphatic heterocycles. The number of hydrogen-bond acceptors (Lipinski definition) is 5. The van der Waals surface area contributed by atoms with Gasteiger partial charge in [0.05, 0.1) is 14.2 Å². The van der Waals surface area contributed by atoms with Crippen LogP contribution in [0.2, 0.25) is 0 Å². The summed E-state index contributed by atoms with van der Waals surface area (Å²) in [6.07, 6.45) is 1.87. The highest BCUT2D eigenvalue weighted by Gasteiger charge is 2.21. The molecule has 0 aliphatic carbocycles. The summed E-state index contributed by atoms with van der Waals surface area (Å²) in [4.78, 5) is 28.4. The molecular weight excluding hydrogens is 550 g/mol. The van der Waals surface area contributed by atoms with Crippen molar-refractivity contribution in [1.29, 1.82) is 0 Å². The Bertz CT molecular complexity index is 1850. The molecule has 44 heavy (non-hydrogen) atoms. The molecule has 222 valence electrons. The number of anilines is 1. The van der Waals surface area contributed by atoms with Gasteiger partial charge in [0.25, 0.3) is 5.91 Å². The quantitative estimate of drug-likeness (QED) is 0.207. The average molecular weight is 586 g/mol. The standard InChI is InChI=1S/C37H35N3O4/c1-43-33-21-26-18-20-40(23-27(26)22-34(33)44-2)19-17-24-11-14-28(15-12-24)39-37(42)31-10-6-5-9-30(31)35-29-8-4-3-7-25(29)13-16-32(35)36(38)41/h3-16,21-22H,17-20,23H2,1-2H3,(H2,38,41)(H,39,42). The van der Waals surface area contributed by atoms with Crippen LogP contribution in [-0.4, -0.2) is 44.0 Å². The van der Waals surface area contributed by atoms with Gasteiger partial charge in [0.2, 0.25) is 5.91 Å². The number of primary amides is 1. The molecule has 3 N–H and O–H groups in total. The van der Waals surface area contributed by atoms with Crippen LogP contribution < -0.4 is 20.5 Å². The monoisotopic (exact) mass is 585 g/mol. The van der Waals surface area contributed by atoms with Gasteiger partial charge in [0.15, 0.2) is 11.5 Å². The van der Waals surface area contributed by atoms with E-state index < -0.39 is 5.91 Å². The van der Waals surface area contributed by atoms with Gasteiger partial charge in [0, 0.05) is 42.0 Å². The number of carbonyl (C=O) groups is 2. The molecule has 0 atom stereocenters. The Morgan fingerprint density at radius 1 is 0.818 bits per heavy atom. The molecule has 0 saturated carbocycles. The van der Waals surface area contributed by atoms with Crippen LogP contribution in [0, 0.1) is 0 Å². The number of amides is 2. The summed E-state index contributed by atoms with van der Waals surface area (Å²) in [6.45, 7) is 2.79. The van der Waals surface area contributed by atoms with Crippen molar-refractivity contribution in [3.8, 4) is 22.6 Å². The van der Waals surface area contributed by atoms with Crippen LogP contribution in [0.15, 0.2) is 97.1 Å². The second-order valence-electron chi connectivity index (χ2n) is 11.0. The van der Waals surface area contributed by atoms with E-state index in [2.05, 4.69) is 34.5 Å². The minimum atomic E-state index is -0.537. The second kappa shape index (κ2) is 12.6. The first-order chi connectivity index (χ1) is 21.4. The van der Waals surface area contributed by atoms with E-state index in [1.165, 1.54) is 16.7 Å². The molecule has 1 aliphatic rings. The lowest BCUT2D eigenvalue weighted by molar-refractivity contribution is 0.0997. The largest absolute Gasteiger partial charge is 0.493 e. The lowest BCUT2D eigenvalue weighted by atomic mass is 9.90. The molecule has 0 bridgehead atoms. The normalized spacial score (nSPS) is 12.9. The maximum Gasteiger partial charge on any atom is 0.256 e. The Kier molecular flexibility index (Phi) is 8.30. The molecule has 6 rings (SSSR count). The summed E-state index contributed by atoms with van der Waals surface area (Å²) in [5.41, 5.74) is 12.4. The summed E-state index contributed by atoms with van der Waals surface area (Å²) >= 11 is 0. The third kappa shape index (κ3) is 5.87. The van der Waals surface area contributed by atoms with Crippen LogP contribution in [0.25, 0.3) is 21.9 Å². The van der Waals surface area contributed by atoms with Crippen molar-refractivity contribution in [2.75, 3.05) is 32.6 Å². The molecule has 2 amide bonds. The van der Waals surface area contributed by atoms with Gasteiger partial charge in [-0.15, -0.1) is 0 Å². The maximum absolute atomic E-state index is 13.6. The van der Waals surface area contributed by atoms with E-state index in [0.29, 0.717) is 27.9 Å². The van der Waals surface area contributed by atoms with E-state index in [0.717, 1.165) is 54.7 Å². The molecule has 0 unspecified atom stereocenters. The Morgan fingerprint density at radius 3 is 2.27 bits per heavy atom. The SMILES string of the molecule is COc1cc2c(cc1OC)CN(CCc1ccc(NC(=O)c3ccccc3-c3c(C(N)=O)ccc4ccccc34)cc1)CC2. The van der Waals surface area contributed by atoms with Crippen LogP contribution in [0.1, 0.15) is 37.4 Å². The third-order valence-corrected chi connectivity index (χ3v) is 8.36. The predicted octanol–water partition coefficient (Wildman–Crippen LogP) is 6.48. The van der Waals surface area contributed by atoms with Crippen LogP contribution in [-0.2, 0) is 19.4 Å². The molecule has 0 fully saturated rings. The van der Waals surface area contributed by atoms with Gasteiger partial charge in [-0.05, 0) is 82.3 Å². The number of nitrogens with zero attached hydrogens (tertiary/aromatic N) is 1. The minimum absolute atomic E-state index is 0.254. The van der Waals surface area contributed by atoms with Crippen LogP contribution in [0.5, 0.6) is 11.5 Å². The summed E-state index contributed by atoms with van der Waals surface area (Å²) in [5, 5.41) is 4.87. The second-order valence-corrected chi connectivity index (χ2v) is 11.0. The van der Waals surface area contributed by atoms with Crippen molar-refractivity contribution < 1.29 is 19.1 Å². The van der Waals surface area contributed by atoms with Crippen LogP contribution in [0.3, 0.4) is 0 Å². The third-order valence-electron chi connectivity index (χ3n) is 8.36. The molecule has 0 saturated heterocycles. The number of nitrogens with one attached hydrogen (secondary N) is 1. The fraction of sp³-hybridized carbons (Fsp3) is 0.189. The molecule has 5 aromatic carbocycles. The van der Waals surface area contributed by atoms with E-state index in [4.69, 9.17) is 15.2 Å². The van der Waals surface area contributed by atoms with Gasteiger partial charge in [0.1, 0.15) is 0 Å². The van der Waals surface area contributed by atoms with Gasteiger partial charge in [-0.25, -0.2) is 0 Å². The highest BCUT2D eigenvalue weighted by atomic mass is 16.5. The average Bonchev–Trinajstić information content (AvgIpc) is 3.06. The Balaban J connectivity index is 1.15. The lowest BCUT2D eigenvalue weighted by Gasteiger charge is -2.29. The highest BCUT2D eigenvalue weighted by Crippen LogP contribution is 2.35. The molecular formula is C37H35N3O4. The number of methoxy groups -OCH3 is 2. The number of rotatable bonds is 9.